The number of hydrogen-bond acceptors (Lipinski definition) is 5. The number of nitrogens with zero attached hydrogens (tertiary/aromatic N) is 2. The van der Waals surface area contributed by atoms with E-state index in [4.69, 9.17) is 9.72 Å². The summed E-state index contributed by atoms with van der Waals surface area (Å²) in [4.78, 5) is 26.4. The summed E-state index contributed by atoms with van der Waals surface area (Å²) < 4.78 is 7.00. The van der Waals surface area contributed by atoms with Crippen molar-refractivity contribution in [3.8, 4) is 17.3 Å². The van der Waals surface area contributed by atoms with Gasteiger partial charge in [0.25, 0.3) is 5.56 Å². The van der Waals surface area contributed by atoms with E-state index in [0.29, 0.717) is 34.1 Å². The van der Waals surface area contributed by atoms with E-state index >= 15 is 0 Å². The second kappa shape index (κ2) is 8.22. The van der Waals surface area contributed by atoms with E-state index in [9.17, 15) is 9.90 Å². The normalized spacial score (nSPS) is 22.6. The molecule has 3 aromatic carbocycles. The molecule has 1 aliphatic carbocycles. The molecule has 0 bridgehead atoms. The Morgan fingerprint density at radius 2 is 1.64 bits per heavy atom. The Morgan fingerprint density at radius 1 is 0.897 bits per heavy atom. The lowest BCUT2D eigenvalue weighted by atomic mass is 9.69. The first-order valence-electron chi connectivity index (χ1n) is 13.1. The van der Waals surface area contributed by atoms with Crippen LogP contribution in [0.3, 0.4) is 0 Å². The second-order valence-corrected chi connectivity index (χ2v) is 10.6. The van der Waals surface area contributed by atoms with E-state index in [1.165, 1.54) is 0 Å². The summed E-state index contributed by atoms with van der Waals surface area (Å²) in [6.07, 6.45) is 1.65. The van der Waals surface area contributed by atoms with E-state index in [2.05, 4.69) is 9.97 Å². The predicted octanol–water partition coefficient (Wildman–Crippen LogP) is 5.43. The first-order chi connectivity index (χ1) is 18.8. The van der Waals surface area contributed by atoms with Crippen molar-refractivity contribution in [1.82, 2.24) is 15.0 Å². The number of nitrogens with one attached hydrogen (secondary N) is 1. The summed E-state index contributed by atoms with van der Waals surface area (Å²) in [7, 11) is 0. The van der Waals surface area contributed by atoms with Gasteiger partial charge in [-0.15, -0.1) is 0 Å². The first-order valence-corrected chi connectivity index (χ1v) is 13.1. The number of ether oxygens (including phenoxy) is 1. The second-order valence-electron chi connectivity index (χ2n) is 10.6. The fourth-order valence-electron chi connectivity index (χ4n) is 6.60. The maximum Gasteiger partial charge on any atom is 0.255 e. The molecule has 2 aliphatic rings. The number of fused-ring (bicyclic) bond motifs is 5. The van der Waals surface area contributed by atoms with Crippen LogP contribution in [-0.4, -0.2) is 20.1 Å². The quantitative estimate of drug-likeness (QED) is 0.336. The highest BCUT2D eigenvalue weighted by molar-refractivity contribution is 5.67. The molecular weight excluding hydrogens is 486 g/mol. The van der Waals surface area contributed by atoms with Crippen LogP contribution in [0, 0.1) is 20.8 Å². The molecule has 0 saturated carbocycles. The summed E-state index contributed by atoms with van der Waals surface area (Å²) in [5.74, 6) is 0.267. The largest absolute Gasteiger partial charge is 0.477 e. The van der Waals surface area contributed by atoms with Crippen molar-refractivity contribution in [3.63, 3.8) is 0 Å². The van der Waals surface area contributed by atoms with Crippen LogP contribution in [0.25, 0.3) is 11.5 Å². The lowest BCUT2D eigenvalue weighted by molar-refractivity contribution is -0.0905. The number of aryl methyl sites for hydroxylation is 3. The molecule has 0 unspecified atom stereocenters. The van der Waals surface area contributed by atoms with Crippen molar-refractivity contribution >= 4 is 0 Å². The number of hydrogen-bond donors (Lipinski definition) is 2. The molecule has 3 heterocycles. The van der Waals surface area contributed by atoms with Gasteiger partial charge in [0.15, 0.2) is 17.0 Å². The van der Waals surface area contributed by atoms with Crippen molar-refractivity contribution in [2.24, 2.45) is 0 Å². The number of H-pyrrole nitrogens is 1. The molecule has 3 atom stereocenters. The van der Waals surface area contributed by atoms with Crippen molar-refractivity contribution in [2.75, 3.05) is 0 Å². The van der Waals surface area contributed by atoms with Crippen LogP contribution >= 0.6 is 0 Å². The summed E-state index contributed by atoms with van der Waals surface area (Å²) in [6.45, 7) is 6.01. The molecule has 6 heteroatoms. The zero-order valence-electron chi connectivity index (χ0n) is 21.9. The SMILES string of the molecule is Cc1ccc([C@@]23Oc4cc(C)cc(C)c4[C@]2(O)c2nc(-c4ccccn4)[nH]c(=O)c2[C@H]3c2ccccc2)cc1. The summed E-state index contributed by atoms with van der Waals surface area (Å²) in [5.41, 5.74) is 3.03. The average molecular weight is 514 g/mol. The average Bonchev–Trinajstić information content (AvgIpc) is 3.32. The molecule has 7 rings (SSSR count). The van der Waals surface area contributed by atoms with Crippen LogP contribution < -0.4 is 10.3 Å². The minimum Gasteiger partial charge on any atom is -0.477 e. The number of rotatable bonds is 3. The molecule has 1 aliphatic heterocycles. The summed E-state index contributed by atoms with van der Waals surface area (Å²) >= 11 is 0. The van der Waals surface area contributed by atoms with Gasteiger partial charge in [-0.1, -0.05) is 72.3 Å². The van der Waals surface area contributed by atoms with Gasteiger partial charge in [0.1, 0.15) is 11.4 Å². The number of aromatic nitrogens is 3. The Bertz CT molecular complexity index is 1800. The van der Waals surface area contributed by atoms with E-state index in [0.717, 1.165) is 27.8 Å². The molecule has 6 nitrogen and oxygen atoms in total. The third-order valence-corrected chi connectivity index (χ3v) is 8.13. The minimum absolute atomic E-state index is 0.298. The number of aromatic amines is 1. The van der Waals surface area contributed by atoms with Gasteiger partial charge in [-0.3, -0.25) is 9.78 Å². The lowest BCUT2D eigenvalue weighted by Gasteiger charge is -2.40. The van der Waals surface area contributed by atoms with Gasteiger partial charge in [0, 0.05) is 17.3 Å². The fraction of sp³-hybridized carbons (Fsp3) is 0.182. The van der Waals surface area contributed by atoms with Gasteiger partial charge in [0.2, 0.25) is 0 Å². The summed E-state index contributed by atoms with van der Waals surface area (Å²) in [6, 6.07) is 27.2. The molecule has 0 fully saturated rings. The molecule has 0 saturated heterocycles. The van der Waals surface area contributed by atoms with E-state index in [1.54, 1.807) is 12.3 Å². The van der Waals surface area contributed by atoms with Crippen molar-refractivity contribution in [3.05, 3.63) is 146 Å². The molecule has 192 valence electrons. The maximum atomic E-state index is 14.1. The van der Waals surface area contributed by atoms with Crippen molar-refractivity contribution in [2.45, 2.75) is 37.9 Å². The van der Waals surface area contributed by atoms with E-state index in [-0.39, 0.29) is 5.56 Å². The van der Waals surface area contributed by atoms with Gasteiger partial charge in [-0.2, -0.15) is 0 Å². The molecule has 0 amide bonds. The third kappa shape index (κ3) is 3.09. The van der Waals surface area contributed by atoms with E-state index in [1.807, 2.05) is 99.6 Å². The number of pyridine rings is 1. The molecule has 0 radical (unpaired) electrons. The van der Waals surface area contributed by atoms with Crippen LogP contribution in [0.1, 0.15) is 50.6 Å². The van der Waals surface area contributed by atoms with Gasteiger partial charge in [-0.25, -0.2) is 4.98 Å². The zero-order chi connectivity index (χ0) is 26.9. The molecule has 2 N–H and O–H groups in total. The van der Waals surface area contributed by atoms with Crippen LogP contribution in [0.4, 0.5) is 0 Å². The van der Waals surface area contributed by atoms with Gasteiger partial charge in [0.05, 0.1) is 17.2 Å². The lowest BCUT2D eigenvalue weighted by Crippen LogP contribution is -2.49. The first kappa shape index (κ1) is 23.6. The van der Waals surface area contributed by atoms with E-state index < -0.39 is 17.1 Å². The maximum absolute atomic E-state index is 14.1. The molecule has 5 aromatic rings. The Balaban J connectivity index is 1.65. The number of benzene rings is 3. The van der Waals surface area contributed by atoms with Crippen LogP contribution in [0.15, 0.2) is 95.9 Å². The number of aliphatic hydroxyl groups is 1. The van der Waals surface area contributed by atoms with Crippen molar-refractivity contribution in [1.29, 1.82) is 0 Å². The van der Waals surface area contributed by atoms with Crippen molar-refractivity contribution < 1.29 is 9.84 Å². The summed E-state index contributed by atoms with van der Waals surface area (Å²) in [5, 5.41) is 13.2. The third-order valence-electron chi connectivity index (χ3n) is 8.13. The monoisotopic (exact) mass is 513 g/mol. The molecule has 39 heavy (non-hydrogen) atoms. The fourth-order valence-corrected chi connectivity index (χ4v) is 6.60. The van der Waals surface area contributed by atoms with Crippen LogP contribution in [-0.2, 0) is 11.2 Å². The Hall–Kier alpha value is -4.55. The smallest absolute Gasteiger partial charge is 0.255 e. The highest BCUT2D eigenvalue weighted by atomic mass is 16.5. The molecular formula is C33H27N3O3. The van der Waals surface area contributed by atoms with Gasteiger partial charge in [-0.05, 0) is 55.7 Å². The van der Waals surface area contributed by atoms with Gasteiger partial charge >= 0.3 is 0 Å². The Morgan fingerprint density at radius 3 is 2.36 bits per heavy atom. The molecule has 0 spiro atoms. The van der Waals surface area contributed by atoms with Crippen LogP contribution in [0.2, 0.25) is 0 Å². The minimum atomic E-state index is -1.75. The standard InChI is InChI=1S/C33H27N3O3/c1-19-12-14-23(15-13-19)33-28(22-9-5-4-6-10-22)26-29(35-30(36-31(26)37)24-11-7-8-16-34-24)32(33,38)27-21(3)17-20(2)18-25(27)39-33/h4-18,28,38H,1-3H3,(H,35,36,37)/t28-,32+,33+/m1/s1. The highest BCUT2D eigenvalue weighted by Gasteiger charge is 2.73. The predicted molar refractivity (Wildman–Crippen MR) is 149 cm³/mol. The van der Waals surface area contributed by atoms with Gasteiger partial charge < -0.3 is 14.8 Å². The van der Waals surface area contributed by atoms with Crippen LogP contribution in [0.5, 0.6) is 5.75 Å². The highest BCUT2D eigenvalue weighted by Crippen LogP contribution is 2.68. The Kier molecular flexibility index (Phi) is 4.97. The molecule has 2 aromatic heterocycles. The Labute approximate surface area is 226 Å². The zero-order valence-corrected chi connectivity index (χ0v) is 21.9. The topological polar surface area (TPSA) is 88.1 Å².